The van der Waals surface area contributed by atoms with Crippen molar-refractivity contribution >= 4 is 11.4 Å². The predicted octanol–water partition coefficient (Wildman–Crippen LogP) is 1.36. The van der Waals surface area contributed by atoms with Gasteiger partial charge in [-0.05, 0) is 25.1 Å². The van der Waals surface area contributed by atoms with Gasteiger partial charge in [-0.15, -0.1) is 10.2 Å². The maximum absolute atomic E-state index is 9.02. The van der Waals surface area contributed by atoms with Gasteiger partial charge in [-0.3, -0.25) is 0 Å². The summed E-state index contributed by atoms with van der Waals surface area (Å²) in [5.74, 6) is 0.832. The van der Waals surface area contributed by atoms with Crippen LogP contribution in [0.2, 0.25) is 0 Å². The van der Waals surface area contributed by atoms with Crippen molar-refractivity contribution in [2.75, 3.05) is 11.1 Å². The van der Waals surface area contributed by atoms with Crippen LogP contribution in [0.1, 0.15) is 18.3 Å². The molecule has 2 rings (SSSR count). The molecule has 0 amide bonds. The second-order valence-corrected chi connectivity index (χ2v) is 3.80. The van der Waals surface area contributed by atoms with Gasteiger partial charge in [0, 0.05) is 12.2 Å². The zero-order chi connectivity index (χ0) is 13.0. The molecule has 6 nitrogen and oxygen atoms in total. The highest BCUT2D eigenvalue weighted by Crippen LogP contribution is 2.18. The third-order valence-electron chi connectivity index (χ3n) is 2.64. The van der Waals surface area contributed by atoms with Gasteiger partial charge in [0.05, 0.1) is 17.8 Å². The topological polar surface area (TPSA) is 92.6 Å². The molecular formula is C12H14N6. The number of nitriles is 1. The molecule has 0 saturated carbocycles. The molecule has 0 aliphatic carbocycles. The molecule has 1 aromatic carbocycles. The molecule has 0 atom stereocenters. The fraction of sp³-hybridized carbons (Fsp3) is 0.250. The van der Waals surface area contributed by atoms with E-state index in [4.69, 9.17) is 11.0 Å². The lowest BCUT2D eigenvalue weighted by Crippen LogP contribution is -2.08. The second-order valence-electron chi connectivity index (χ2n) is 3.80. The number of nitrogens with one attached hydrogen (secondary N) is 1. The minimum Gasteiger partial charge on any atom is -0.399 e. The van der Waals surface area contributed by atoms with Crippen molar-refractivity contribution in [1.29, 1.82) is 5.26 Å². The highest BCUT2D eigenvalue weighted by Gasteiger charge is 2.05. The van der Waals surface area contributed by atoms with Crippen LogP contribution < -0.4 is 11.1 Å². The average molecular weight is 242 g/mol. The Kier molecular flexibility index (Phi) is 3.44. The maximum Gasteiger partial charge on any atom is 0.152 e. The monoisotopic (exact) mass is 242 g/mol. The summed E-state index contributed by atoms with van der Waals surface area (Å²) in [5.41, 5.74) is 7.48. The Morgan fingerprint density at radius 2 is 2.33 bits per heavy atom. The number of nitrogen functional groups attached to an aromatic ring is 1. The van der Waals surface area contributed by atoms with Crippen molar-refractivity contribution in [3.63, 3.8) is 0 Å². The fourth-order valence-electron chi connectivity index (χ4n) is 1.66. The van der Waals surface area contributed by atoms with Gasteiger partial charge in [-0.25, -0.2) is 0 Å². The summed E-state index contributed by atoms with van der Waals surface area (Å²) in [6.07, 6.45) is 1.69. The molecule has 92 valence electrons. The van der Waals surface area contributed by atoms with E-state index in [0.717, 1.165) is 18.1 Å². The zero-order valence-corrected chi connectivity index (χ0v) is 10.1. The predicted molar refractivity (Wildman–Crippen MR) is 68.6 cm³/mol. The molecule has 2 aromatic rings. The van der Waals surface area contributed by atoms with Crippen LogP contribution in [0.4, 0.5) is 11.4 Å². The van der Waals surface area contributed by atoms with Crippen LogP contribution in [0.25, 0.3) is 0 Å². The fourth-order valence-corrected chi connectivity index (χ4v) is 1.66. The van der Waals surface area contributed by atoms with Crippen LogP contribution in [0, 0.1) is 11.3 Å². The van der Waals surface area contributed by atoms with Gasteiger partial charge in [0.15, 0.2) is 5.82 Å². The molecule has 3 N–H and O–H groups in total. The third-order valence-corrected chi connectivity index (χ3v) is 2.64. The first-order chi connectivity index (χ1) is 8.74. The van der Waals surface area contributed by atoms with Crippen molar-refractivity contribution in [1.82, 2.24) is 14.8 Å². The van der Waals surface area contributed by atoms with Crippen LogP contribution in [-0.2, 0) is 13.1 Å². The van der Waals surface area contributed by atoms with E-state index in [0.29, 0.717) is 17.8 Å². The molecule has 0 aliphatic heterocycles. The van der Waals surface area contributed by atoms with Crippen LogP contribution in [0.15, 0.2) is 24.5 Å². The average Bonchev–Trinajstić information content (AvgIpc) is 2.84. The molecule has 0 radical (unpaired) electrons. The molecular weight excluding hydrogens is 228 g/mol. The van der Waals surface area contributed by atoms with Gasteiger partial charge >= 0.3 is 0 Å². The number of hydrogen-bond donors (Lipinski definition) is 2. The number of nitrogens with zero attached hydrogens (tertiary/aromatic N) is 4. The van der Waals surface area contributed by atoms with Crippen molar-refractivity contribution in [3.05, 3.63) is 35.9 Å². The highest BCUT2D eigenvalue weighted by atomic mass is 15.3. The summed E-state index contributed by atoms with van der Waals surface area (Å²) in [6.45, 7) is 3.36. The first-order valence-electron chi connectivity index (χ1n) is 5.64. The van der Waals surface area contributed by atoms with Crippen LogP contribution >= 0.6 is 0 Å². The summed E-state index contributed by atoms with van der Waals surface area (Å²) < 4.78 is 1.94. The number of benzene rings is 1. The zero-order valence-electron chi connectivity index (χ0n) is 10.1. The lowest BCUT2D eigenvalue weighted by atomic mass is 10.1. The van der Waals surface area contributed by atoms with Crippen LogP contribution in [-0.4, -0.2) is 14.8 Å². The van der Waals surface area contributed by atoms with Crippen molar-refractivity contribution < 1.29 is 0 Å². The van der Waals surface area contributed by atoms with Gasteiger partial charge in [0.2, 0.25) is 0 Å². The van der Waals surface area contributed by atoms with E-state index in [1.54, 1.807) is 24.5 Å². The quantitative estimate of drug-likeness (QED) is 0.790. The van der Waals surface area contributed by atoms with Gasteiger partial charge in [0.1, 0.15) is 12.4 Å². The van der Waals surface area contributed by atoms with Gasteiger partial charge in [-0.2, -0.15) is 5.26 Å². The van der Waals surface area contributed by atoms with Crippen LogP contribution in [0.3, 0.4) is 0 Å². The van der Waals surface area contributed by atoms with Crippen molar-refractivity contribution in [2.45, 2.75) is 20.0 Å². The molecule has 0 bridgehead atoms. The summed E-state index contributed by atoms with van der Waals surface area (Å²) >= 11 is 0. The molecule has 6 heteroatoms. The maximum atomic E-state index is 9.02. The summed E-state index contributed by atoms with van der Waals surface area (Å²) in [7, 11) is 0. The van der Waals surface area contributed by atoms with Crippen molar-refractivity contribution in [3.8, 4) is 6.07 Å². The molecule has 0 aliphatic rings. The molecule has 1 heterocycles. The summed E-state index contributed by atoms with van der Waals surface area (Å²) in [6, 6.07) is 7.31. The van der Waals surface area contributed by atoms with Gasteiger partial charge in [0.25, 0.3) is 0 Å². The summed E-state index contributed by atoms with van der Waals surface area (Å²) in [4.78, 5) is 0. The molecule has 1 aromatic heterocycles. The first kappa shape index (κ1) is 11.9. The van der Waals surface area contributed by atoms with Gasteiger partial charge < -0.3 is 15.6 Å². The van der Waals surface area contributed by atoms with E-state index in [2.05, 4.69) is 21.6 Å². The Balaban J connectivity index is 2.14. The summed E-state index contributed by atoms with van der Waals surface area (Å²) in [5, 5.41) is 20.1. The Bertz CT molecular complexity index is 580. The number of aryl methyl sites for hydroxylation is 1. The van der Waals surface area contributed by atoms with E-state index in [-0.39, 0.29) is 0 Å². The molecule has 18 heavy (non-hydrogen) atoms. The highest BCUT2D eigenvalue weighted by molar-refractivity contribution is 5.62. The number of rotatable bonds is 4. The Morgan fingerprint density at radius 3 is 3.06 bits per heavy atom. The second kappa shape index (κ2) is 5.19. The smallest absolute Gasteiger partial charge is 0.152 e. The third kappa shape index (κ3) is 2.40. The van der Waals surface area contributed by atoms with E-state index in [1.807, 2.05) is 11.5 Å². The minimum atomic E-state index is 0.520. The Labute approximate surface area is 105 Å². The van der Waals surface area contributed by atoms with Gasteiger partial charge in [-0.1, -0.05) is 0 Å². The molecule has 0 unspecified atom stereocenters. The van der Waals surface area contributed by atoms with E-state index in [9.17, 15) is 0 Å². The van der Waals surface area contributed by atoms with E-state index < -0.39 is 0 Å². The minimum absolute atomic E-state index is 0.520. The van der Waals surface area contributed by atoms with E-state index >= 15 is 0 Å². The lowest BCUT2D eigenvalue weighted by Gasteiger charge is -2.09. The van der Waals surface area contributed by atoms with Crippen LogP contribution in [0.5, 0.6) is 0 Å². The van der Waals surface area contributed by atoms with E-state index in [1.165, 1.54) is 0 Å². The number of anilines is 2. The molecule has 0 fully saturated rings. The SMILES string of the molecule is CCn1cnnc1CNc1ccc(N)cc1C#N. The largest absolute Gasteiger partial charge is 0.399 e. The number of nitrogens with two attached hydrogens (primary N) is 1. The normalized spacial score (nSPS) is 10.0. The molecule has 0 saturated heterocycles. The Morgan fingerprint density at radius 1 is 1.50 bits per heavy atom. The standard InChI is InChI=1S/C12H14N6/c1-2-18-8-16-17-12(18)7-15-11-4-3-10(14)5-9(11)6-13/h3-5,8,15H,2,7,14H2,1H3. The molecule has 0 spiro atoms. The number of hydrogen-bond acceptors (Lipinski definition) is 5. The van der Waals surface area contributed by atoms with Crippen molar-refractivity contribution in [2.24, 2.45) is 0 Å². The lowest BCUT2D eigenvalue weighted by molar-refractivity contribution is 0.708. The first-order valence-corrected chi connectivity index (χ1v) is 5.64. The number of aromatic nitrogens is 3. The Hall–Kier alpha value is -2.55.